The summed E-state index contributed by atoms with van der Waals surface area (Å²) in [7, 11) is 3.40. The van der Waals surface area contributed by atoms with Crippen molar-refractivity contribution in [2.24, 2.45) is 0 Å². The molecule has 1 aliphatic heterocycles. The Morgan fingerprint density at radius 3 is 2.81 bits per heavy atom. The highest BCUT2D eigenvalue weighted by molar-refractivity contribution is 5.94. The number of carboxylic acids is 1. The molecule has 1 saturated heterocycles. The zero-order valence-electron chi connectivity index (χ0n) is 14.8. The van der Waals surface area contributed by atoms with Gasteiger partial charge in [-0.05, 0) is 24.3 Å². The highest BCUT2D eigenvalue weighted by atomic mass is 16.6. The predicted octanol–water partition coefficient (Wildman–Crippen LogP) is 2.31. The lowest BCUT2D eigenvalue weighted by atomic mass is 10.1. The number of carbonyl (C=O) groups is 1. The lowest BCUT2D eigenvalue weighted by Gasteiger charge is -2.29. The van der Waals surface area contributed by atoms with Crippen LogP contribution in [0.4, 0.5) is 5.82 Å². The Kier molecular flexibility index (Phi) is 5.70. The lowest BCUT2D eigenvalue weighted by Crippen LogP contribution is -2.39. The second-order valence-corrected chi connectivity index (χ2v) is 6.02. The van der Waals surface area contributed by atoms with Gasteiger partial charge in [0.05, 0.1) is 38.7 Å². The molecule has 1 aliphatic rings. The van der Waals surface area contributed by atoms with Gasteiger partial charge in [-0.15, -0.1) is 0 Å². The Morgan fingerprint density at radius 2 is 2.12 bits per heavy atom. The number of methoxy groups -OCH3 is 1. The molecule has 1 N–H and O–H groups in total. The number of hydrogen-bond acceptors (Lipinski definition) is 6. The van der Waals surface area contributed by atoms with Crippen LogP contribution < -0.4 is 9.64 Å². The van der Waals surface area contributed by atoms with Crippen molar-refractivity contribution in [2.45, 2.75) is 6.10 Å². The second kappa shape index (κ2) is 8.16. The maximum atomic E-state index is 11.6. The van der Waals surface area contributed by atoms with E-state index in [2.05, 4.69) is 4.98 Å². The minimum absolute atomic E-state index is 0.118. The summed E-state index contributed by atoms with van der Waals surface area (Å²) >= 11 is 0. The maximum absolute atomic E-state index is 11.6. The number of aromatic carboxylic acids is 1. The number of pyridine rings is 1. The van der Waals surface area contributed by atoms with Crippen LogP contribution in [0.2, 0.25) is 0 Å². The Morgan fingerprint density at radius 1 is 1.31 bits per heavy atom. The van der Waals surface area contributed by atoms with Crippen LogP contribution in [0.1, 0.15) is 10.4 Å². The van der Waals surface area contributed by atoms with E-state index in [-0.39, 0.29) is 11.7 Å². The zero-order chi connectivity index (χ0) is 18.5. The van der Waals surface area contributed by atoms with Crippen molar-refractivity contribution in [3.05, 3.63) is 42.0 Å². The van der Waals surface area contributed by atoms with E-state index in [4.69, 9.17) is 14.2 Å². The first-order valence-electron chi connectivity index (χ1n) is 8.38. The van der Waals surface area contributed by atoms with Gasteiger partial charge in [-0.1, -0.05) is 12.1 Å². The summed E-state index contributed by atoms with van der Waals surface area (Å²) in [6.07, 6.45) is -0.118. The van der Waals surface area contributed by atoms with E-state index in [1.807, 2.05) is 24.3 Å². The largest absolute Gasteiger partial charge is 0.496 e. The zero-order valence-corrected chi connectivity index (χ0v) is 14.8. The molecule has 0 amide bonds. The summed E-state index contributed by atoms with van der Waals surface area (Å²) in [6.45, 7) is 2.10. The first-order chi connectivity index (χ1) is 12.6. The molecule has 7 nitrogen and oxygen atoms in total. The third-order valence-corrected chi connectivity index (χ3v) is 4.21. The van der Waals surface area contributed by atoms with Crippen molar-refractivity contribution in [1.29, 1.82) is 0 Å². The molecule has 1 atom stereocenters. The van der Waals surface area contributed by atoms with Gasteiger partial charge >= 0.3 is 5.97 Å². The normalized spacial score (nSPS) is 16.9. The molecule has 1 fully saturated rings. The Hall–Kier alpha value is -2.64. The fourth-order valence-electron chi connectivity index (χ4n) is 2.95. The van der Waals surface area contributed by atoms with Crippen molar-refractivity contribution in [3.8, 4) is 17.0 Å². The van der Waals surface area contributed by atoms with Crippen molar-refractivity contribution in [3.63, 3.8) is 0 Å². The smallest absolute Gasteiger partial charge is 0.339 e. The van der Waals surface area contributed by atoms with Crippen LogP contribution in [0.5, 0.6) is 5.75 Å². The molecule has 0 aliphatic carbocycles. The van der Waals surface area contributed by atoms with Crippen LogP contribution in [0, 0.1) is 0 Å². The minimum atomic E-state index is -1.02. The summed E-state index contributed by atoms with van der Waals surface area (Å²) in [5, 5.41) is 9.54. The van der Waals surface area contributed by atoms with E-state index < -0.39 is 5.97 Å². The standard InChI is InChI=1S/C19H22N2O5/c1-21(11-13-12-25-9-10-26-13)18-15(19(22)23)7-8-16(20-18)14-5-3-4-6-17(14)24-2/h3-8,13H,9-12H2,1-2H3,(H,22,23)/t13-/m1/s1. The topological polar surface area (TPSA) is 81.1 Å². The predicted molar refractivity (Wildman–Crippen MR) is 97.0 cm³/mol. The SMILES string of the molecule is COc1ccccc1-c1ccc(C(=O)O)c(N(C)C[C@@H]2COCCO2)n1. The molecule has 2 aromatic rings. The van der Waals surface area contributed by atoms with Gasteiger partial charge in [0, 0.05) is 19.2 Å². The molecule has 0 unspecified atom stereocenters. The number of aromatic nitrogens is 1. The summed E-state index contributed by atoms with van der Waals surface area (Å²) in [4.78, 5) is 18.0. The van der Waals surface area contributed by atoms with Crippen molar-refractivity contribution in [1.82, 2.24) is 4.98 Å². The molecule has 26 heavy (non-hydrogen) atoms. The molecule has 7 heteroatoms. The lowest BCUT2D eigenvalue weighted by molar-refractivity contribution is -0.0837. The fraction of sp³-hybridized carbons (Fsp3) is 0.368. The first-order valence-corrected chi connectivity index (χ1v) is 8.38. The number of rotatable bonds is 6. The molecule has 1 aromatic heterocycles. The number of carboxylic acid groups (broad SMARTS) is 1. The highest BCUT2D eigenvalue weighted by Gasteiger charge is 2.22. The van der Waals surface area contributed by atoms with Crippen LogP contribution in [0.25, 0.3) is 11.3 Å². The maximum Gasteiger partial charge on any atom is 0.339 e. The number of likely N-dealkylation sites (N-methyl/N-ethyl adjacent to an activating group) is 1. The number of benzene rings is 1. The Labute approximate surface area is 152 Å². The average molecular weight is 358 g/mol. The van der Waals surface area contributed by atoms with Gasteiger partial charge in [-0.3, -0.25) is 0 Å². The van der Waals surface area contributed by atoms with Gasteiger partial charge in [0.25, 0.3) is 0 Å². The van der Waals surface area contributed by atoms with Gasteiger partial charge in [0.1, 0.15) is 17.1 Å². The van der Waals surface area contributed by atoms with E-state index in [0.717, 1.165) is 5.56 Å². The van der Waals surface area contributed by atoms with E-state index in [9.17, 15) is 9.90 Å². The summed E-state index contributed by atoms with van der Waals surface area (Å²) in [5.74, 6) is 0.0440. The Balaban J connectivity index is 1.94. The summed E-state index contributed by atoms with van der Waals surface area (Å²) in [5.41, 5.74) is 1.59. The fourth-order valence-corrected chi connectivity index (χ4v) is 2.95. The van der Waals surface area contributed by atoms with Gasteiger partial charge < -0.3 is 24.2 Å². The summed E-state index contributed by atoms with van der Waals surface area (Å²) < 4.78 is 16.5. The molecular formula is C19H22N2O5. The monoisotopic (exact) mass is 358 g/mol. The highest BCUT2D eigenvalue weighted by Crippen LogP contribution is 2.30. The molecule has 138 valence electrons. The number of ether oxygens (including phenoxy) is 3. The number of anilines is 1. The first kappa shape index (κ1) is 18.2. The molecule has 0 radical (unpaired) electrons. The Bertz CT molecular complexity index is 774. The molecule has 0 spiro atoms. The third kappa shape index (κ3) is 3.95. The van der Waals surface area contributed by atoms with Crippen LogP contribution in [0.3, 0.4) is 0 Å². The molecule has 1 aromatic carbocycles. The molecular weight excluding hydrogens is 336 g/mol. The number of hydrogen-bond donors (Lipinski definition) is 1. The van der Waals surface area contributed by atoms with E-state index in [1.54, 1.807) is 31.2 Å². The van der Waals surface area contributed by atoms with Crippen LogP contribution in [-0.4, -0.2) is 62.7 Å². The number of nitrogens with zero attached hydrogens (tertiary/aromatic N) is 2. The van der Waals surface area contributed by atoms with Crippen molar-refractivity contribution >= 4 is 11.8 Å². The van der Waals surface area contributed by atoms with Crippen LogP contribution in [-0.2, 0) is 9.47 Å². The molecule has 3 rings (SSSR count). The molecule has 0 saturated carbocycles. The number of para-hydroxylation sites is 1. The van der Waals surface area contributed by atoms with Crippen LogP contribution in [0.15, 0.2) is 36.4 Å². The third-order valence-electron chi connectivity index (χ3n) is 4.21. The van der Waals surface area contributed by atoms with E-state index in [0.29, 0.717) is 43.6 Å². The molecule has 0 bridgehead atoms. The van der Waals surface area contributed by atoms with E-state index >= 15 is 0 Å². The quantitative estimate of drug-likeness (QED) is 0.848. The molecule has 2 heterocycles. The van der Waals surface area contributed by atoms with Crippen molar-refractivity contribution in [2.75, 3.05) is 45.4 Å². The van der Waals surface area contributed by atoms with Crippen LogP contribution >= 0.6 is 0 Å². The minimum Gasteiger partial charge on any atom is -0.496 e. The average Bonchev–Trinajstić information content (AvgIpc) is 2.68. The van der Waals surface area contributed by atoms with Gasteiger partial charge in [0.2, 0.25) is 0 Å². The van der Waals surface area contributed by atoms with Crippen molar-refractivity contribution < 1.29 is 24.1 Å². The second-order valence-electron chi connectivity index (χ2n) is 6.02. The summed E-state index contributed by atoms with van der Waals surface area (Å²) in [6, 6.07) is 10.8. The van der Waals surface area contributed by atoms with E-state index in [1.165, 1.54) is 0 Å². The van der Waals surface area contributed by atoms with Gasteiger partial charge in [-0.25, -0.2) is 9.78 Å². The van der Waals surface area contributed by atoms with Gasteiger partial charge in [0.15, 0.2) is 0 Å². The van der Waals surface area contributed by atoms with Gasteiger partial charge in [-0.2, -0.15) is 0 Å².